The second-order valence-corrected chi connectivity index (χ2v) is 11.8. The molecular weight excluding hydrogens is 572 g/mol. The Hall–Kier alpha value is -5.67. The highest BCUT2D eigenvalue weighted by Crippen LogP contribution is 2.33. The summed E-state index contributed by atoms with van der Waals surface area (Å²) < 4.78 is 28.6. The molecule has 0 radical (unpaired) electrons. The number of aliphatic imine (C=N–C) groups is 1. The fourth-order valence-electron chi connectivity index (χ4n) is 4.85. The van der Waals surface area contributed by atoms with Crippen molar-refractivity contribution < 1.29 is 18.3 Å². The summed E-state index contributed by atoms with van der Waals surface area (Å²) in [5.41, 5.74) is 4.63. The maximum atomic E-state index is 13.0. The number of benzene rings is 5. The number of aromatic nitrogens is 1. The molecule has 1 heterocycles. The zero-order valence-corrected chi connectivity index (χ0v) is 24.3. The van der Waals surface area contributed by atoms with E-state index in [4.69, 9.17) is 4.99 Å². The molecule has 6 aromatic rings. The lowest BCUT2D eigenvalue weighted by Crippen LogP contribution is -2.22. The van der Waals surface area contributed by atoms with Gasteiger partial charge in [-0.2, -0.15) is 0 Å². The third-order valence-corrected chi connectivity index (χ3v) is 8.43. The van der Waals surface area contributed by atoms with Crippen LogP contribution < -0.4 is 10.0 Å². The van der Waals surface area contributed by atoms with E-state index in [0.29, 0.717) is 45.7 Å². The van der Waals surface area contributed by atoms with Crippen molar-refractivity contribution in [2.75, 3.05) is 4.72 Å². The van der Waals surface area contributed by atoms with Crippen LogP contribution in [0.3, 0.4) is 0 Å². The Bertz CT molecular complexity index is 2060. The number of sulfonamides is 1. The summed E-state index contributed by atoms with van der Waals surface area (Å²) in [5.74, 6) is -0.310. The molecule has 218 valence electrons. The monoisotopic (exact) mass is 600 g/mol. The van der Waals surface area contributed by atoms with Gasteiger partial charge in [0.2, 0.25) is 0 Å². The zero-order valence-electron chi connectivity index (χ0n) is 23.4. The van der Waals surface area contributed by atoms with Gasteiger partial charge in [0.05, 0.1) is 21.9 Å². The third-order valence-electron chi connectivity index (χ3n) is 7.03. The molecule has 0 bridgehead atoms. The van der Waals surface area contributed by atoms with Gasteiger partial charge >= 0.3 is 0 Å². The van der Waals surface area contributed by atoms with Gasteiger partial charge in [0, 0.05) is 34.3 Å². The fraction of sp³-hybridized carbons (Fsp3) is 0.0286. The van der Waals surface area contributed by atoms with Gasteiger partial charge in [-0.3, -0.25) is 9.52 Å². The highest BCUT2D eigenvalue weighted by atomic mass is 32.2. The van der Waals surface area contributed by atoms with Gasteiger partial charge in [0.1, 0.15) is 0 Å². The van der Waals surface area contributed by atoms with E-state index < -0.39 is 10.0 Å². The number of carbonyl (C=O) groups excluding carboxylic acids is 1. The minimum absolute atomic E-state index is 0.109. The van der Waals surface area contributed by atoms with E-state index in [9.17, 15) is 18.3 Å². The molecule has 6 rings (SSSR count). The predicted molar refractivity (Wildman–Crippen MR) is 173 cm³/mol. The average Bonchev–Trinajstić information content (AvgIpc) is 3.38. The first kappa shape index (κ1) is 28.4. The highest BCUT2D eigenvalue weighted by molar-refractivity contribution is 7.92. The van der Waals surface area contributed by atoms with Gasteiger partial charge in [0.15, 0.2) is 5.88 Å². The Kier molecular flexibility index (Phi) is 7.94. The number of fused-ring (bicyclic) bond motifs is 1. The summed E-state index contributed by atoms with van der Waals surface area (Å²) in [6.45, 7) is 0.418. The largest absolute Gasteiger partial charge is 0.494 e. The molecule has 1 amide bonds. The van der Waals surface area contributed by atoms with Crippen molar-refractivity contribution in [3.63, 3.8) is 0 Å². The van der Waals surface area contributed by atoms with E-state index in [1.54, 1.807) is 60.7 Å². The molecule has 4 N–H and O–H groups in total. The van der Waals surface area contributed by atoms with Crippen LogP contribution in [0.5, 0.6) is 5.88 Å². The average molecular weight is 601 g/mol. The van der Waals surface area contributed by atoms with E-state index in [0.717, 1.165) is 11.1 Å². The zero-order chi connectivity index (χ0) is 30.5. The number of H-pyrrole nitrogens is 1. The first-order valence-electron chi connectivity index (χ1n) is 13.9. The van der Waals surface area contributed by atoms with Crippen molar-refractivity contribution in [1.29, 1.82) is 0 Å². The van der Waals surface area contributed by atoms with Gasteiger partial charge in [0.25, 0.3) is 15.9 Å². The van der Waals surface area contributed by atoms with Crippen LogP contribution in [0.25, 0.3) is 10.9 Å². The number of carbonyl (C=O) groups is 1. The van der Waals surface area contributed by atoms with Crippen molar-refractivity contribution in [3.05, 3.63) is 156 Å². The molecule has 0 unspecified atom stereocenters. The molecule has 0 aliphatic rings. The fourth-order valence-corrected chi connectivity index (χ4v) is 5.92. The van der Waals surface area contributed by atoms with Crippen LogP contribution in [0.4, 0.5) is 11.4 Å². The standard InChI is InChI=1S/C35H28N4O4S/c40-34(36-23-24-10-4-1-5-11-24)26-16-18-27(19-17-26)37-33(25-12-6-2-7-13-25)32-30-22-28(20-21-31(30)38-35(32)41)39-44(42,43)29-14-8-3-9-15-29/h1-22,38-39,41H,23H2,(H,36,40). The summed E-state index contributed by atoms with van der Waals surface area (Å²) in [4.78, 5) is 20.8. The van der Waals surface area contributed by atoms with E-state index in [-0.39, 0.29) is 16.7 Å². The van der Waals surface area contributed by atoms with Gasteiger partial charge in [-0.25, -0.2) is 13.4 Å². The van der Waals surface area contributed by atoms with Crippen molar-refractivity contribution in [1.82, 2.24) is 10.3 Å². The van der Waals surface area contributed by atoms with E-state index in [2.05, 4.69) is 15.0 Å². The lowest BCUT2D eigenvalue weighted by atomic mass is 10.0. The number of anilines is 1. The van der Waals surface area contributed by atoms with Crippen molar-refractivity contribution >= 4 is 43.9 Å². The van der Waals surface area contributed by atoms with Crippen LogP contribution >= 0.6 is 0 Å². The number of aromatic amines is 1. The number of hydrogen-bond donors (Lipinski definition) is 4. The Morgan fingerprint density at radius 3 is 2.07 bits per heavy atom. The molecule has 5 aromatic carbocycles. The molecule has 0 saturated carbocycles. The Balaban J connectivity index is 1.34. The predicted octanol–water partition coefficient (Wildman–Crippen LogP) is 6.77. The SMILES string of the molecule is O=C(NCc1ccccc1)c1ccc(N=C(c2ccccc2)c2c(O)[nH]c3ccc(NS(=O)(=O)c4ccccc4)cc23)cc1. The summed E-state index contributed by atoms with van der Waals surface area (Å²) in [6, 6.07) is 39.1. The number of nitrogens with zero attached hydrogens (tertiary/aromatic N) is 1. The van der Waals surface area contributed by atoms with Crippen LogP contribution in [0.2, 0.25) is 0 Å². The molecule has 0 spiro atoms. The second-order valence-electron chi connectivity index (χ2n) is 10.1. The smallest absolute Gasteiger partial charge is 0.261 e. The van der Waals surface area contributed by atoms with Crippen LogP contribution in [-0.4, -0.2) is 30.1 Å². The van der Waals surface area contributed by atoms with Crippen LogP contribution in [0.1, 0.15) is 27.0 Å². The topological polar surface area (TPSA) is 124 Å². The normalized spacial score (nSPS) is 11.8. The number of hydrogen-bond acceptors (Lipinski definition) is 5. The minimum atomic E-state index is -3.83. The maximum Gasteiger partial charge on any atom is 0.261 e. The van der Waals surface area contributed by atoms with E-state index in [1.807, 2.05) is 60.7 Å². The quantitative estimate of drug-likeness (QED) is 0.137. The minimum Gasteiger partial charge on any atom is -0.494 e. The molecule has 0 aliphatic carbocycles. The van der Waals surface area contributed by atoms with Crippen molar-refractivity contribution in [2.45, 2.75) is 11.4 Å². The summed E-state index contributed by atoms with van der Waals surface area (Å²) in [7, 11) is -3.83. The van der Waals surface area contributed by atoms with Crippen LogP contribution in [0.15, 0.2) is 143 Å². The van der Waals surface area contributed by atoms with E-state index in [1.165, 1.54) is 12.1 Å². The number of rotatable bonds is 9. The third kappa shape index (κ3) is 6.23. The molecular formula is C35H28N4O4S. The highest BCUT2D eigenvalue weighted by Gasteiger charge is 2.21. The molecule has 1 aromatic heterocycles. The maximum absolute atomic E-state index is 13.0. The second kappa shape index (κ2) is 12.3. The lowest BCUT2D eigenvalue weighted by Gasteiger charge is -2.10. The summed E-state index contributed by atoms with van der Waals surface area (Å²) >= 11 is 0. The van der Waals surface area contributed by atoms with E-state index >= 15 is 0 Å². The van der Waals surface area contributed by atoms with Gasteiger partial charge < -0.3 is 15.4 Å². The first-order chi connectivity index (χ1) is 21.4. The lowest BCUT2D eigenvalue weighted by molar-refractivity contribution is 0.0951. The number of nitrogens with one attached hydrogen (secondary N) is 3. The van der Waals surface area contributed by atoms with Gasteiger partial charge in [-0.15, -0.1) is 0 Å². The molecule has 0 aliphatic heterocycles. The molecule has 44 heavy (non-hydrogen) atoms. The summed E-state index contributed by atoms with van der Waals surface area (Å²) in [6.07, 6.45) is 0. The summed E-state index contributed by atoms with van der Waals surface area (Å²) in [5, 5.41) is 14.6. The number of amides is 1. The van der Waals surface area contributed by atoms with Crippen LogP contribution in [-0.2, 0) is 16.6 Å². The molecule has 8 nitrogen and oxygen atoms in total. The Morgan fingerprint density at radius 2 is 1.39 bits per heavy atom. The molecule has 0 fully saturated rings. The number of aromatic hydroxyl groups is 1. The van der Waals surface area contributed by atoms with Gasteiger partial charge in [-0.1, -0.05) is 78.9 Å². The Morgan fingerprint density at radius 1 is 0.750 bits per heavy atom. The van der Waals surface area contributed by atoms with Gasteiger partial charge in [-0.05, 0) is 60.2 Å². The first-order valence-corrected chi connectivity index (χ1v) is 15.3. The Labute approximate surface area is 254 Å². The molecule has 0 saturated heterocycles. The van der Waals surface area contributed by atoms with Crippen molar-refractivity contribution in [3.8, 4) is 5.88 Å². The van der Waals surface area contributed by atoms with Crippen molar-refractivity contribution in [2.24, 2.45) is 4.99 Å². The molecule has 0 atom stereocenters. The van der Waals surface area contributed by atoms with Crippen LogP contribution in [0, 0.1) is 0 Å². The molecule has 9 heteroatoms.